The molecular formula is C63H41NS. The van der Waals surface area contributed by atoms with Gasteiger partial charge in [0.25, 0.3) is 0 Å². The molecule has 0 radical (unpaired) electrons. The van der Waals surface area contributed by atoms with Crippen LogP contribution in [0.5, 0.6) is 0 Å². The molecule has 0 spiro atoms. The minimum Gasteiger partial charge on any atom is -0.236 e. The predicted octanol–water partition coefficient (Wildman–Crippen LogP) is 17.9. The van der Waals surface area contributed by atoms with E-state index in [1.807, 2.05) is 0 Å². The van der Waals surface area contributed by atoms with Crippen LogP contribution in [0, 0.1) is 0 Å². The first-order valence-corrected chi connectivity index (χ1v) is 23.0. The molecule has 0 atom stereocenters. The van der Waals surface area contributed by atoms with Crippen molar-refractivity contribution < 1.29 is 0 Å². The van der Waals surface area contributed by atoms with Gasteiger partial charge in [-0.3, -0.25) is 0 Å². The third-order valence-electron chi connectivity index (χ3n) is 12.7. The fourth-order valence-corrected chi connectivity index (χ4v) is 10.8. The van der Waals surface area contributed by atoms with Gasteiger partial charge in [0.15, 0.2) is 0 Å². The average Bonchev–Trinajstić information content (AvgIpc) is 3.82. The molecule has 2 heteroatoms. The number of fused-ring (bicyclic) bond motifs is 3. The Morgan fingerprint density at radius 2 is 0.585 bits per heavy atom. The van der Waals surface area contributed by atoms with Crippen molar-refractivity contribution >= 4 is 43.1 Å². The van der Waals surface area contributed by atoms with Crippen LogP contribution in [0.2, 0.25) is 0 Å². The summed E-state index contributed by atoms with van der Waals surface area (Å²) in [5, 5.41) is 5.96. The number of rotatable bonds is 8. The molecule has 0 bridgehead atoms. The van der Waals surface area contributed by atoms with Crippen LogP contribution in [0.4, 0.5) is 0 Å². The Balaban J connectivity index is 0.992. The van der Waals surface area contributed by atoms with E-state index in [2.05, 4.69) is 249 Å². The van der Waals surface area contributed by atoms with Gasteiger partial charge in [-0.25, -0.2) is 4.98 Å². The lowest BCUT2D eigenvalue weighted by Crippen LogP contribution is -1.98. The maximum absolute atomic E-state index is 5.15. The summed E-state index contributed by atoms with van der Waals surface area (Å²) in [7, 11) is 0. The van der Waals surface area contributed by atoms with Gasteiger partial charge < -0.3 is 0 Å². The fraction of sp³-hybridized carbons (Fsp3) is 0. The standard InChI is InChI=1S/C63H41NS/c1-5-19-44(20-6-1)54-41-55(60(47-23-9-3-10-24-47)61(48-25-11-4-12-26-48)59(54)46-21-7-2-8-22-46)45-37-33-42(34-38-45)43-35-39-49(40-36-43)58-50-27-13-15-29-52(50)62(53-30-16-14-28-51(53)58)63-64-56-31-17-18-32-57(56)65-63/h1-41H. The summed E-state index contributed by atoms with van der Waals surface area (Å²) >= 11 is 1.77. The summed E-state index contributed by atoms with van der Waals surface area (Å²) in [6.07, 6.45) is 0. The van der Waals surface area contributed by atoms with Gasteiger partial charge in [0.2, 0.25) is 0 Å². The Kier molecular flexibility index (Phi) is 9.78. The van der Waals surface area contributed by atoms with Crippen LogP contribution >= 0.6 is 11.3 Å². The maximum Gasteiger partial charge on any atom is 0.125 e. The SMILES string of the molecule is c1ccc(-c2cc(-c3ccc(-c4ccc(-c5c6ccccc6c(-c6nc7ccccc7s6)c6ccccc56)cc4)cc3)c(-c3ccccc3)c(-c3ccccc3)c2-c2ccccc2)cc1. The maximum atomic E-state index is 5.15. The van der Waals surface area contributed by atoms with Gasteiger partial charge in [-0.15, -0.1) is 11.3 Å². The molecule has 65 heavy (non-hydrogen) atoms. The summed E-state index contributed by atoms with van der Waals surface area (Å²) in [6.45, 7) is 0. The van der Waals surface area contributed by atoms with E-state index in [4.69, 9.17) is 4.98 Å². The van der Waals surface area contributed by atoms with Crippen LogP contribution in [-0.4, -0.2) is 4.98 Å². The van der Waals surface area contributed by atoms with Gasteiger partial charge in [-0.1, -0.05) is 231 Å². The number of hydrogen-bond donors (Lipinski definition) is 0. The van der Waals surface area contributed by atoms with Crippen molar-refractivity contribution in [3.8, 4) is 88.5 Å². The molecule has 0 amide bonds. The second kappa shape index (κ2) is 16.5. The van der Waals surface area contributed by atoms with Gasteiger partial charge in [0, 0.05) is 5.56 Å². The molecule has 1 aromatic heterocycles. The van der Waals surface area contributed by atoms with Crippen LogP contribution in [0.25, 0.3) is 120 Å². The second-order valence-electron chi connectivity index (χ2n) is 16.5. The summed E-state index contributed by atoms with van der Waals surface area (Å²) in [5.41, 5.74) is 19.1. The highest BCUT2D eigenvalue weighted by molar-refractivity contribution is 7.21. The van der Waals surface area contributed by atoms with Crippen LogP contribution < -0.4 is 0 Å². The topological polar surface area (TPSA) is 12.9 Å². The van der Waals surface area contributed by atoms with Gasteiger partial charge in [0.05, 0.1) is 10.2 Å². The van der Waals surface area contributed by atoms with Crippen molar-refractivity contribution in [3.63, 3.8) is 0 Å². The molecule has 0 fully saturated rings. The van der Waals surface area contributed by atoms with Crippen molar-refractivity contribution in [2.75, 3.05) is 0 Å². The first-order valence-electron chi connectivity index (χ1n) is 22.2. The molecule has 0 saturated carbocycles. The predicted molar refractivity (Wildman–Crippen MR) is 278 cm³/mol. The highest BCUT2D eigenvalue weighted by atomic mass is 32.1. The zero-order valence-corrected chi connectivity index (χ0v) is 36.3. The van der Waals surface area contributed by atoms with E-state index in [9.17, 15) is 0 Å². The number of benzene rings is 11. The van der Waals surface area contributed by atoms with Gasteiger partial charge in [0.1, 0.15) is 5.01 Å². The highest BCUT2D eigenvalue weighted by Gasteiger charge is 2.24. The van der Waals surface area contributed by atoms with E-state index in [1.54, 1.807) is 11.3 Å². The van der Waals surface area contributed by atoms with Crippen LogP contribution in [0.15, 0.2) is 249 Å². The van der Waals surface area contributed by atoms with Crippen molar-refractivity contribution in [1.82, 2.24) is 4.98 Å². The largest absolute Gasteiger partial charge is 0.236 e. The molecule has 0 aliphatic rings. The quantitative estimate of drug-likeness (QED) is 0.139. The van der Waals surface area contributed by atoms with E-state index in [1.165, 1.54) is 110 Å². The smallest absolute Gasteiger partial charge is 0.125 e. The van der Waals surface area contributed by atoms with Gasteiger partial charge in [-0.2, -0.15) is 0 Å². The van der Waals surface area contributed by atoms with Gasteiger partial charge >= 0.3 is 0 Å². The van der Waals surface area contributed by atoms with E-state index in [0.717, 1.165) is 10.5 Å². The molecule has 12 rings (SSSR count). The summed E-state index contributed by atoms with van der Waals surface area (Å²) < 4.78 is 1.20. The lowest BCUT2D eigenvalue weighted by Gasteiger charge is -2.24. The molecule has 1 heterocycles. The Morgan fingerprint density at radius 1 is 0.246 bits per heavy atom. The van der Waals surface area contributed by atoms with Crippen molar-refractivity contribution in [2.45, 2.75) is 0 Å². The molecular weight excluding hydrogens is 803 g/mol. The normalized spacial score (nSPS) is 11.4. The molecule has 304 valence electrons. The molecule has 0 aliphatic heterocycles. The highest BCUT2D eigenvalue weighted by Crippen LogP contribution is 2.51. The minimum absolute atomic E-state index is 1.04. The monoisotopic (exact) mass is 843 g/mol. The van der Waals surface area contributed by atoms with E-state index in [0.29, 0.717) is 0 Å². The summed E-state index contributed by atoms with van der Waals surface area (Å²) in [4.78, 5) is 5.15. The fourth-order valence-electron chi connectivity index (χ4n) is 9.78. The zero-order valence-electron chi connectivity index (χ0n) is 35.5. The molecule has 0 aliphatic carbocycles. The minimum atomic E-state index is 1.04. The lowest BCUT2D eigenvalue weighted by atomic mass is 9.79. The van der Waals surface area contributed by atoms with Crippen molar-refractivity contribution in [1.29, 1.82) is 0 Å². The Hall–Kier alpha value is -8.17. The Labute approximate surface area is 383 Å². The molecule has 1 nitrogen and oxygen atoms in total. The molecule has 0 saturated heterocycles. The van der Waals surface area contributed by atoms with Gasteiger partial charge in [-0.05, 0) is 118 Å². The van der Waals surface area contributed by atoms with E-state index in [-0.39, 0.29) is 0 Å². The van der Waals surface area contributed by atoms with E-state index < -0.39 is 0 Å². The van der Waals surface area contributed by atoms with E-state index >= 15 is 0 Å². The Bertz CT molecular complexity index is 3560. The second-order valence-corrected chi connectivity index (χ2v) is 17.6. The van der Waals surface area contributed by atoms with Crippen molar-refractivity contribution in [3.05, 3.63) is 249 Å². The third kappa shape index (κ3) is 6.93. The number of aromatic nitrogens is 1. The lowest BCUT2D eigenvalue weighted by molar-refractivity contribution is 1.50. The molecule has 0 N–H and O–H groups in total. The van der Waals surface area contributed by atoms with Crippen LogP contribution in [-0.2, 0) is 0 Å². The van der Waals surface area contributed by atoms with Crippen LogP contribution in [0.1, 0.15) is 0 Å². The first kappa shape index (κ1) is 38.5. The number of para-hydroxylation sites is 1. The molecule has 0 unspecified atom stereocenters. The molecule has 12 aromatic rings. The number of hydrogen-bond acceptors (Lipinski definition) is 2. The first-order chi connectivity index (χ1) is 32.3. The molecule has 11 aromatic carbocycles. The Morgan fingerprint density at radius 3 is 1.06 bits per heavy atom. The summed E-state index contributed by atoms with van der Waals surface area (Å²) in [5.74, 6) is 0. The average molecular weight is 844 g/mol. The number of thiazole rings is 1. The zero-order chi connectivity index (χ0) is 43.1. The van der Waals surface area contributed by atoms with Crippen LogP contribution in [0.3, 0.4) is 0 Å². The summed E-state index contributed by atoms with van der Waals surface area (Å²) in [6, 6.07) is 90.4. The third-order valence-corrected chi connectivity index (χ3v) is 13.8. The number of nitrogens with zero attached hydrogens (tertiary/aromatic N) is 1. The van der Waals surface area contributed by atoms with Crippen molar-refractivity contribution in [2.24, 2.45) is 0 Å².